The quantitative estimate of drug-likeness (QED) is 0.163. The molecule has 0 amide bonds. The predicted molar refractivity (Wildman–Crippen MR) is 149 cm³/mol. The lowest BCUT2D eigenvalue weighted by Crippen LogP contribution is -1.82. The summed E-state index contributed by atoms with van der Waals surface area (Å²) in [6, 6.07) is 14.4. The Morgan fingerprint density at radius 2 is 0.906 bits per heavy atom. The summed E-state index contributed by atoms with van der Waals surface area (Å²) in [5.41, 5.74) is 0. The predicted octanol–water partition coefficient (Wildman–Crippen LogP) is 11.1. The number of aryl methyl sites for hydroxylation is 2. The Bertz CT molecular complexity index is 1020. The third-order valence-corrected chi connectivity index (χ3v) is 9.30. The maximum absolute atomic E-state index is 2.45. The van der Waals surface area contributed by atoms with Gasteiger partial charge in [-0.1, -0.05) is 102 Å². The molecule has 4 aromatic rings. The standard InChI is InChI=1S/C30H40S2/c1-3-5-7-9-11-13-15-25-21-23-17-19-28-27(29(23)31-25)20-18-24-22-26(32-30(24)28)16-14-12-10-8-6-4-2/h17-22H,3-16H2,1-2H3. The summed E-state index contributed by atoms with van der Waals surface area (Å²) in [5.74, 6) is 0. The second kappa shape index (κ2) is 12.2. The molecular weight excluding hydrogens is 424 g/mol. The lowest BCUT2D eigenvalue weighted by molar-refractivity contribution is 0.609. The van der Waals surface area contributed by atoms with E-state index in [-0.39, 0.29) is 0 Å². The number of hydrogen-bond donors (Lipinski definition) is 0. The van der Waals surface area contributed by atoms with Gasteiger partial charge in [-0.3, -0.25) is 0 Å². The number of unbranched alkanes of at least 4 members (excludes halogenated alkanes) is 10. The average Bonchev–Trinajstić information content (AvgIpc) is 3.42. The minimum Gasteiger partial charge on any atom is -0.140 e. The highest BCUT2D eigenvalue weighted by Crippen LogP contribution is 2.39. The lowest BCUT2D eigenvalue weighted by atomic mass is 10.1. The molecule has 2 heteroatoms. The molecule has 0 saturated carbocycles. The van der Waals surface area contributed by atoms with Crippen molar-refractivity contribution in [3.05, 3.63) is 46.2 Å². The van der Waals surface area contributed by atoms with Crippen molar-refractivity contribution >= 4 is 53.6 Å². The second-order valence-corrected chi connectivity index (χ2v) is 11.8. The molecule has 0 saturated heterocycles. The summed E-state index contributed by atoms with van der Waals surface area (Å²) in [4.78, 5) is 3.14. The molecule has 172 valence electrons. The molecule has 0 aliphatic carbocycles. The van der Waals surface area contributed by atoms with E-state index in [2.05, 4.69) is 50.2 Å². The van der Waals surface area contributed by atoms with Crippen LogP contribution in [-0.4, -0.2) is 0 Å². The summed E-state index contributed by atoms with van der Waals surface area (Å²) in [6.07, 6.45) is 19.0. The Labute approximate surface area is 203 Å². The third kappa shape index (κ3) is 5.94. The summed E-state index contributed by atoms with van der Waals surface area (Å²) < 4.78 is 2.99. The smallest absolute Gasteiger partial charge is 0.0424 e. The van der Waals surface area contributed by atoms with Crippen LogP contribution in [0.3, 0.4) is 0 Å². The van der Waals surface area contributed by atoms with Crippen molar-refractivity contribution in [1.82, 2.24) is 0 Å². The molecule has 2 aromatic heterocycles. The lowest BCUT2D eigenvalue weighted by Gasteiger charge is -2.01. The van der Waals surface area contributed by atoms with Crippen LogP contribution in [-0.2, 0) is 12.8 Å². The normalized spacial score (nSPS) is 11.9. The third-order valence-electron chi connectivity index (χ3n) is 6.82. The Balaban J connectivity index is 1.44. The van der Waals surface area contributed by atoms with Crippen LogP contribution in [0.2, 0.25) is 0 Å². The fourth-order valence-electron chi connectivity index (χ4n) is 4.91. The monoisotopic (exact) mass is 464 g/mol. The van der Waals surface area contributed by atoms with E-state index in [1.165, 1.54) is 121 Å². The van der Waals surface area contributed by atoms with Crippen molar-refractivity contribution in [3.63, 3.8) is 0 Å². The molecule has 2 aromatic carbocycles. The summed E-state index contributed by atoms with van der Waals surface area (Å²) >= 11 is 4.08. The van der Waals surface area contributed by atoms with Crippen molar-refractivity contribution in [1.29, 1.82) is 0 Å². The van der Waals surface area contributed by atoms with Crippen LogP contribution in [0, 0.1) is 0 Å². The first kappa shape index (κ1) is 23.8. The molecule has 0 atom stereocenters. The molecule has 0 aliphatic rings. The largest absolute Gasteiger partial charge is 0.140 e. The molecule has 32 heavy (non-hydrogen) atoms. The first-order valence-electron chi connectivity index (χ1n) is 13.2. The number of benzene rings is 2. The van der Waals surface area contributed by atoms with Crippen molar-refractivity contribution in [2.75, 3.05) is 0 Å². The van der Waals surface area contributed by atoms with E-state index in [1.807, 2.05) is 22.7 Å². The van der Waals surface area contributed by atoms with Gasteiger partial charge in [-0.2, -0.15) is 0 Å². The molecule has 0 aliphatic heterocycles. The molecule has 0 radical (unpaired) electrons. The van der Waals surface area contributed by atoms with E-state index in [0.717, 1.165) is 0 Å². The number of thiophene rings is 2. The van der Waals surface area contributed by atoms with Crippen LogP contribution in [0.5, 0.6) is 0 Å². The van der Waals surface area contributed by atoms with Gasteiger partial charge in [0.25, 0.3) is 0 Å². The molecule has 0 spiro atoms. The Morgan fingerprint density at radius 1 is 0.500 bits per heavy atom. The van der Waals surface area contributed by atoms with E-state index < -0.39 is 0 Å². The summed E-state index contributed by atoms with van der Waals surface area (Å²) in [5, 5.41) is 5.79. The highest BCUT2D eigenvalue weighted by Gasteiger charge is 2.11. The van der Waals surface area contributed by atoms with E-state index in [1.54, 1.807) is 9.75 Å². The van der Waals surface area contributed by atoms with Crippen molar-refractivity contribution in [2.45, 2.75) is 104 Å². The van der Waals surface area contributed by atoms with E-state index in [0.29, 0.717) is 0 Å². The second-order valence-electron chi connectivity index (χ2n) is 9.52. The molecule has 0 bridgehead atoms. The van der Waals surface area contributed by atoms with Gasteiger partial charge in [0.2, 0.25) is 0 Å². The Hall–Kier alpha value is -1.38. The zero-order valence-electron chi connectivity index (χ0n) is 20.2. The van der Waals surface area contributed by atoms with Crippen LogP contribution < -0.4 is 0 Å². The molecule has 2 heterocycles. The zero-order chi connectivity index (χ0) is 22.2. The van der Waals surface area contributed by atoms with Gasteiger partial charge in [0.05, 0.1) is 0 Å². The maximum Gasteiger partial charge on any atom is 0.0424 e. The first-order valence-corrected chi connectivity index (χ1v) is 14.8. The van der Waals surface area contributed by atoms with Crippen LogP contribution in [0.4, 0.5) is 0 Å². The molecule has 0 unspecified atom stereocenters. The van der Waals surface area contributed by atoms with Gasteiger partial charge >= 0.3 is 0 Å². The van der Waals surface area contributed by atoms with Crippen LogP contribution in [0.1, 0.15) is 101 Å². The van der Waals surface area contributed by atoms with Gasteiger partial charge in [-0.05, 0) is 48.6 Å². The molecule has 4 rings (SSSR count). The Kier molecular flexibility index (Phi) is 9.05. The highest BCUT2D eigenvalue weighted by molar-refractivity contribution is 7.21. The Morgan fingerprint density at radius 3 is 1.34 bits per heavy atom. The van der Waals surface area contributed by atoms with Crippen LogP contribution in [0.25, 0.3) is 30.9 Å². The molecule has 0 N–H and O–H groups in total. The van der Waals surface area contributed by atoms with Crippen molar-refractivity contribution in [2.24, 2.45) is 0 Å². The zero-order valence-corrected chi connectivity index (χ0v) is 21.8. The molecule has 0 nitrogen and oxygen atoms in total. The van der Waals surface area contributed by atoms with E-state index in [9.17, 15) is 0 Å². The molecular formula is C30H40S2. The fourth-order valence-corrected chi connectivity index (χ4v) is 7.37. The minimum absolute atomic E-state index is 1.25. The fraction of sp³-hybridized carbons (Fsp3) is 0.533. The number of hydrogen-bond acceptors (Lipinski definition) is 2. The van der Waals surface area contributed by atoms with Crippen LogP contribution in [0.15, 0.2) is 36.4 Å². The van der Waals surface area contributed by atoms with Crippen molar-refractivity contribution in [3.8, 4) is 0 Å². The maximum atomic E-state index is 2.45. The highest BCUT2D eigenvalue weighted by atomic mass is 32.1. The minimum atomic E-state index is 1.25. The van der Waals surface area contributed by atoms with Gasteiger partial charge in [-0.15, -0.1) is 22.7 Å². The van der Waals surface area contributed by atoms with Gasteiger partial charge in [0.15, 0.2) is 0 Å². The summed E-state index contributed by atoms with van der Waals surface area (Å²) in [6.45, 7) is 4.59. The average molecular weight is 465 g/mol. The number of fused-ring (bicyclic) bond motifs is 5. The van der Waals surface area contributed by atoms with E-state index >= 15 is 0 Å². The van der Waals surface area contributed by atoms with Crippen molar-refractivity contribution < 1.29 is 0 Å². The van der Waals surface area contributed by atoms with Crippen LogP contribution >= 0.6 is 22.7 Å². The van der Waals surface area contributed by atoms with E-state index in [4.69, 9.17) is 0 Å². The van der Waals surface area contributed by atoms with Gasteiger partial charge in [0, 0.05) is 29.9 Å². The van der Waals surface area contributed by atoms with Gasteiger partial charge < -0.3 is 0 Å². The number of rotatable bonds is 14. The van der Waals surface area contributed by atoms with Gasteiger partial charge in [0.1, 0.15) is 0 Å². The first-order chi connectivity index (χ1) is 15.8. The topological polar surface area (TPSA) is 0 Å². The van der Waals surface area contributed by atoms with Gasteiger partial charge in [-0.25, -0.2) is 0 Å². The summed E-state index contributed by atoms with van der Waals surface area (Å²) in [7, 11) is 0. The SMILES string of the molecule is CCCCCCCCc1cc2ccc3c(ccc4cc(CCCCCCCC)sc43)c2s1. The molecule has 0 fully saturated rings.